The van der Waals surface area contributed by atoms with E-state index in [-0.39, 0.29) is 43.3 Å². The second-order valence-electron chi connectivity index (χ2n) is 15.9. The van der Waals surface area contributed by atoms with Crippen molar-refractivity contribution < 1.29 is 122 Å². The summed E-state index contributed by atoms with van der Waals surface area (Å²) in [5.74, 6) is 0. The number of hydrogen-bond donors (Lipinski definition) is 0. The van der Waals surface area contributed by atoms with Gasteiger partial charge in [-0.1, -0.05) is 153 Å². The molecule has 0 aliphatic carbocycles. The van der Waals surface area contributed by atoms with Crippen LogP contribution in [-0.2, 0) is 40.1 Å². The number of alkyl halides is 12. The fraction of sp³-hybridized carbons (Fsp3) is 0.0943. The molecule has 0 radical (unpaired) electrons. The summed E-state index contributed by atoms with van der Waals surface area (Å²) in [7, 11) is -30.7. The zero-order valence-corrected chi connectivity index (χ0v) is 48.3. The van der Waals surface area contributed by atoms with Gasteiger partial charge in [0.15, 0.2) is 40.1 Å². The molecule has 440 valence electrons. The van der Waals surface area contributed by atoms with Crippen molar-refractivity contribution in [2.45, 2.75) is 29.5 Å². The molecule has 8 aromatic rings. The maximum atomic E-state index is 11.4. The second kappa shape index (κ2) is 30.1. The molecule has 0 aromatic heterocycles. The van der Waals surface area contributed by atoms with Gasteiger partial charge >= 0.3 is 40.9 Å². The van der Waals surface area contributed by atoms with Gasteiger partial charge in [-0.3, -0.25) is 0 Å². The summed E-state index contributed by atoms with van der Waals surface area (Å²) in [6.45, 7) is 0. The zero-order valence-electron chi connectivity index (χ0n) is 41.7. The molecule has 0 N–H and O–H groups in total. The Labute approximate surface area is 496 Å². The van der Waals surface area contributed by atoms with Gasteiger partial charge in [-0.05, 0) is 97.1 Å². The second-order valence-corrected chi connectivity index (χ2v) is 29.5. The first-order valence-electron chi connectivity index (χ1n) is 22.2. The maximum Gasteiger partial charge on any atom is 1.00 e. The van der Waals surface area contributed by atoms with Crippen LogP contribution in [0.2, 0.25) is 0 Å². The fourth-order valence-corrected chi connectivity index (χ4v) is 19.4. The van der Waals surface area contributed by atoms with Gasteiger partial charge in [-0.2, -0.15) is 52.7 Å². The number of nitrogens with zero attached hydrogens (tertiary/aromatic N) is 2. The largest absolute Gasteiger partial charge is 1.00 e. The molecule has 0 aliphatic heterocycles. The van der Waals surface area contributed by atoms with Crippen molar-refractivity contribution in [3.8, 4) is 0 Å². The van der Waals surface area contributed by atoms with Crippen molar-refractivity contribution >= 4 is 97.1 Å². The van der Waals surface area contributed by atoms with Crippen molar-refractivity contribution in [1.29, 1.82) is 0 Å². The van der Waals surface area contributed by atoms with Crippen LogP contribution in [0, 0.1) is 0 Å². The van der Waals surface area contributed by atoms with E-state index in [4.69, 9.17) is 0 Å². The van der Waals surface area contributed by atoms with E-state index in [0.29, 0.717) is 0 Å². The molecule has 0 spiro atoms. The maximum absolute atomic E-state index is 11.4. The van der Waals surface area contributed by atoms with Crippen molar-refractivity contribution in [1.82, 2.24) is 0 Å². The molecule has 8 rings (SSSR count). The summed E-state index contributed by atoms with van der Waals surface area (Å²) >= 11 is 0. The molecule has 0 fully saturated rings. The SMILES string of the molecule is C.O=S(=O)([N-]S(=O)(=O)C(F)(F)F)C(F)(F)F.O=S(=O)([N-]S(=O)(=O)C(F)(F)F)C(F)(F)F.[Br-].[Li+].c1ccc([P+](c2ccccc2)(c2ccccc2)c2ccccc2)cc1.c1ccc([P+](c2ccccc2)(c2ccccc2)c2ccccc2)cc1. The van der Waals surface area contributed by atoms with Crippen LogP contribution in [0.15, 0.2) is 243 Å². The van der Waals surface area contributed by atoms with Gasteiger partial charge in [-0.25, -0.2) is 33.7 Å². The molecule has 10 nitrogen and oxygen atoms in total. The monoisotopic (exact) mass is 1340 g/mol. The number of benzene rings is 8. The third kappa shape index (κ3) is 17.8. The number of hydrogen-bond acceptors (Lipinski definition) is 8. The molecule has 83 heavy (non-hydrogen) atoms. The predicted octanol–water partition coefficient (Wildman–Crippen LogP) is 5.37. The minimum atomic E-state index is -6.72. The molecule has 0 unspecified atom stereocenters. The summed E-state index contributed by atoms with van der Waals surface area (Å²) in [4.78, 5) is 0. The van der Waals surface area contributed by atoms with Crippen LogP contribution in [0.4, 0.5) is 52.7 Å². The van der Waals surface area contributed by atoms with Crippen LogP contribution in [0.1, 0.15) is 7.43 Å². The Morgan fingerprint density at radius 1 is 0.241 bits per heavy atom. The van der Waals surface area contributed by atoms with E-state index in [1.54, 1.807) is 0 Å². The van der Waals surface area contributed by atoms with E-state index in [1.807, 2.05) is 0 Å². The Morgan fingerprint density at radius 2 is 0.337 bits per heavy atom. The smallest absolute Gasteiger partial charge is 1.00 e. The zero-order chi connectivity index (χ0) is 59.3. The Kier molecular flexibility index (Phi) is 26.7. The molecular weight excluding hydrogens is 1300 g/mol. The first-order valence-corrected chi connectivity index (χ1v) is 31.6. The van der Waals surface area contributed by atoms with Crippen molar-refractivity contribution in [2.75, 3.05) is 0 Å². The first kappa shape index (κ1) is 73.7. The Morgan fingerprint density at radius 3 is 0.422 bits per heavy atom. The van der Waals surface area contributed by atoms with E-state index in [9.17, 15) is 86.4 Å². The minimum absolute atomic E-state index is 0. The average Bonchev–Trinajstić information content (AvgIpc) is 3.40. The summed E-state index contributed by atoms with van der Waals surface area (Å²) < 4.78 is 218. The third-order valence-corrected chi connectivity index (χ3v) is 24.8. The summed E-state index contributed by atoms with van der Waals surface area (Å²) in [5.41, 5.74) is -24.8. The van der Waals surface area contributed by atoms with Crippen LogP contribution in [0.25, 0.3) is 8.25 Å². The summed E-state index contributed by atoms with van der Waals surface area (Å²) in [6.07, 6.45) is 0. The van der Waals surface area contributed by atoms with Crippen molar-refractivity contribution in [3.05, 3.63) is 251 Å². The Hall–Kier alpha value is -5.42. The molecule has 0 heterocycles. The number of rotatable bonds is 12. The normalized spacial score (nSPS) is 12.3. The van der Waals surface area contributed by atoms with Gasteiger partial charge in [0.1, 0.15) is 57.0 Å². The molecule has 0 amide bonds. The summed E-state index contributed by atoms with van der Waals surface area (Å²) in [5, 5.41) is 11.1. The van der Waals surface area contributed by atoms with Gasteiger partial charge in [0.2, 0.25) is 0 Å². The quantitative estimate of drug-likeness (QED) is 0.0896. The van der Waals surface area contributed by atoms with Gasteiger partial charge in [0, 0.05) is 0 Å². The predicted molar refractivity (Wildman–Crippen MR) is 296 cm³/mol. The molecular formula is C53H44BrF12LiN2O8P2S4. The first-order chi connectivity index (χ1) is 37.3. The standard InChI is InChI=1S/2C24H20P.2C2F6NO4S2.CH4.BrH.Li/c2*1-5-13-21(14-6-1)25(22-15-7-2-8-16-22,23-17-9-3-10-18-23)24-19-11-4-12-20-24;2*3-1(4,5)14(10,11)9-15(12,13)2(6,7)8;;;/h2*1-20H;;;1H4;1H;/q2*+1;2*-1;;;+1/p-1. The van der Waals surface area contributed by atoms with Crippen molar-refractivity contribution in [3.63, 3.8) is 0 Å². The van der Waals surface area contributed by atoms with Crippen molar-refractivity contribution in [2.24, 2.45) is 0 Å². The van der Waals surface area contributed by atoms with E-state index < -0.39 is 76.7 Å². The average molecular weight is 1340 g/mol. The third-order valence-electron chi connectivity index (χ3n) is 10.7. The molecule has 0 saturated heterocycles. The van der Waals surface area contributed by atoms with E-state index in [2.05, 4.69) is 243 Å². The van der Waals surface area contributed by atoms with Gasteiger partial charge < -0.3 is 25.2 Å². The van der Waals surface area contributed by atoms with E-state index in [0.717, 1.165) is 8.25 Å². The topological polar surface area (TPSA) is 165 Å². The van der Waals surface area contributed by atoms with E-state index in [1.165, 1.54) is 42.4 Å². The van der Waals surface area contributed by atoms with Crippen LogP contribution < -0.4 is 78.3 Å². The summed E-state index contributed by atoms with van der Waals surface area (Å²) in [6, 6.07) is 87.7. The molecule has 0 bridgehead atoms. The van der Waals surface area contributed by atoms with Gasteiger partial charge in [0.05, 0.1) is 0 Å². The van der Waals surface area contributed by atoms with Crippen LogP contribution in [0.5, 0.6) is 0 Å². The molecule has 0 aliphatic rings. The fourth-order valence-electron chi connectivity index (χ4n) is 7.43. The van der Waals surface area contributed by atoms with Crippen LogP contribution >= 0.6 is 14.5 Å². The van der Waals surface area contributed by atoms with Gasteiger partial charge in [0.25, 0.3) is 0 Å². The minimum Gasteiger partial charge on any atom is -1.00 e. The Bertz CT molecular complexity index is 3060. The molecule has 8 aromatic carbocycles. The van der Waals surface area contributed by atoms with Crippen LogP contribution in [0.3, 0.4) is 0 Å². The molecule has 0 saturated carbocycles. The molecule has 30 heteroatoms. The van der Waals surface area contributed by atoms with Crippen LogP contribution in [-0.4, -0.2) is 55.7 Å². The number of sulfonamides is 4. The number of halogens is 13. The Balaban J connectivity index is 0.000000386. The van der Waals surface area contributed by atoms with Gasteiger partial charge in [-0.15, -0.1) is 0 Å². The van der Waals surface area contributed by atoms with E-state index >= 15 is 0 Å². The molecule has 0 atom stereocenters.